The lowest BCUT2D eigenvalue weighted by molar-refractivity contribution is -0.139. The summed E-state index contributed by atoms with van der Waals surface area (Å²) < 4.78 is 27.0. The second kappa shape index (κ2) is 12.3. The molecule has 2 aromatic carbocycles. The van der Waals surface area contributed by atoms with Gasteiger partial charge < -0.3 is 25.2 Å². The average molecular weight is 499 g/mol. The molecule has 0 aromatic heterocycles. The fourth-order valence-electron chi connectivity index (χ4n) is 5.74. The Morgan fingerprint density at radius 1 is 1.22 bits per heavy atom. The average Bonchev–Trinajstić information content (AvgIpc) is 3.21. The molecule has 36 heavy (non-hydrogen) atoms. The lowest BCUT2D eigenvalue weighted by atomic mass is 9.84. The van der Waals surface area contributed by atoms with Gasteiger partial charge in [-0.05, 0) is 56.2 Å². The molecule has 2 aliphatic rings. The first-order valence-electron chi connectivity index (χ1n) is 13.1. The van der Waals surface area contributed by atoms with Gasteiger partial charge in [-0.15, -0.1) is 0 Å². The molecule has 5 atom stereocenters. The van der Waals surface area contributed by atoms with Crippen molar-refractivity contribution in [3.8, 4) is 11.1 Å². The maximum atomic E-state index is 15.3. The summed E-state index contributed by atoms with van der Waals surface area (Å²) >= 11 is 0. The van der Waals surface area contributed by atoms with Crippen LogP contribution in [0.3, 0.4) is 0 Å². The minimum Gasteiger partial charge on any atom is -0.391 e. The number of methoxy groups -OCH3 is 1. The van der Waals surface area contributed by atoms with Gasteiger partial charge in [-0.25, -0.2) is 4.39 Å². The quantitative estimate of drug-likeness (QED) is 0.506. The van der Waals surface area contributed by atoms with Crippen molar-refractivity contribution in [2.75, 3.05) is 33.4 Å². The minimum absolute atomic E-state index is 0.0237. The van der Waals surface area contributed by atoms with Crippen LogP contribution in [0.2, 0.25) is 0 Å². The number of aliphatic hydroxyl groups is 1. The Bertz CT molecular complexity index is 1020. The van der Waals surface area contributed by atoms with Crippen LogP contribution >= 0.6 is 0 Å². The van der Waals surface area contributed by atoms with E-state index in [2.05, 4.69) is 0 Å². The summed E-state index contributed by atoms with van der Waals surface area (Å²) in [5.74, 6) is -0.438. The maximum absolute atomic E-state index is 15.3. The minimum atomic E-state index is -0.624. The number of nitrogens with two attached hydrogens (primary N) is 1. The molecule has 1 unspecified atom stereocenters. The number of hydrogen-bond donors (Lipinski definition) is 2. The lowest BCUT2D eigenvalue weighted by Gasteiger charge is -2.38. The topological polar surface area (TPSA) is 85.0 Å². The summed E-state index contributed by atoms with van der Waals surface area (Å²) in [7, 11) is 1.66. The Morgan fingerprint density at radius 2 is 2.03 bits per heavy atom. The van der Waals surface area contributed by atoms with E-state index in [4.69, 9.17) is 15.2 Å². The molecule has 1 aliphatic heterocycles. The normalized spacial score (nSPS) is 25.2. The molecule has 0 radical (unpaired) electrons. The van der Waals surface area contributed by atoms with E-state index in [1.807, 2.05) is 42.2 Å². The van der Waals surface area contributed by atoms with Crippen LogP contribution in [-0.2, 0) is 14.3 Å². The predicted octanol–water partition coefficient (Wildman–Crippen LogP) is 4.23. The smallest absolute Gasteiger partial charge is 0.225 e. The Morgan fingerprint density at radius 3 is 2.75 bits per heavy atom. The van der Waals surface area contributed by atoms with Gasteiger partial charge in [0.05, 0.1) is 12.2 Å². The van der Waals surface area contributed by atoms with Crippen molar-refractivity contribution < 1.29 is 23.8 Å². The number of carbonyl (C=O) groups is 1. The zero-order valence-corrected chi connectivity index (χ0v) is 21.4. The number of hydrogen-bond acceptors (Lipinski definition) is 5. The number of benzene rings is 2. The molecule has 1 heterocycles. The van der Waals surface area contributed by atoms with Gasteiger partial charge >= 0.3 is 0 Å². The number of aryl methyl sites for hydroxylation is 1. The van der Waals surface area contributed by atoms with Crippen LogP contribution in [-0.4, -0.2) is 61.5 Å². The molecule has 196 valence electrons. The first-order valence-corrected chi connectivity index (χ1v) is 13.1. The molecule has 2 aromatic rings. The summed E-state index contributed by atoms with van der Waals surface area (Å²) in [5, 5.41) is 10.1. The van der Waals surface area contributed by atoms with Gasteiger partial charge in [-0.1, -0.05) is 42.0 Å². The van der Waals surface area contributed by atoms with E-state index in [0.717, 1.165) is 36.0 Å². The summed E-state index contributed by atoms with van der Waals surface area (Å²) in [4.78, 5) is 15.2. The van der Waals surface area contributed by atoms with Crippen LogP contribution in [0, 0.1) is 24.6 Å². The predicted molar refractivity (Wildman–Crippen MR) is 138 cm³/mol. The molecule has 2 fully saturated rings. The second-order valence-corrected chi connectivity index (χ2v) is 10.3. The Hall–Kier alpha value is -2.32. The third-order valence-electron chi connectivity index (χ3n) is 7.57. The standard InChI is InChI=1S/C29H39FN2O4/c1-19-7-3-8-20(15-19)27-23(10-4-11-24(27)30)28(36-14-6-13-35-2)21-9-5-12-32(18-21)29(34)22-16-25(31)26(33)17-22/h3-4,7-8,10-11,15,21-22,25-26,28,33H,5-6,9,12-14,16-18,31H2,1-2H3/t21-,22+,25-,26+,28?/m1/s1. The van der Waals surface area contributed by atoms with Crippen molar-refractivity contribution in [1.29, 1.82) is 0 Å². The number of amides is 1. The Balaban J connectivity index is 1.62. The Labute approximate surface area is 213 Å². The molecule has 1 saturated carbocycles. The zero-order valence-electron chi connectivity index (χ0n) is 21.4. The monoisotopic (exact) mass is 498 g/mol. The van der Waals surface area contributed by atoms with E-state index in [1.165, 1.54) is 6.07 Å². The van der Waals surface area contributed by atoms with Crippen LogP contribution in [0.1, 0.15) is 49.3 Å². The van der Waals surface area contributed by atoms with Crippen molar-refractivity contribution in [1.82, 2.24) is 4.90 Å². The molecule has 0 bridgehead atoms. The number of rotatable bonds is 9. The Kier molecular flexibility index (Phi) is 9.12. The number of nitrogens with zero attached hydrogens (tertiary/aromatic N) is 1. The number of likely N-dealkylation sites (tertiary alicyclic amines) is 1. The lowest BCUT2D eigenvalue weighted by Crippen LogP contribution is -2.44. The largest absolute Gasteiger partial charge is 0.391 e. The van der Waals surface area contributed by atoms with Gasteiger partial charge in [0.25, 0.3) is 0 Å². The second-order valence-electron chi connectivity index (χ2n) is 10.3. The van der Waals surface area contributed by atoms with Crippen LogP contribution in [0.15, 0.2) is 42.5 Å². The van der Waals surface area contributed by atoms with E-state index >= 15 is 4.39 Å². The highest BCUT2D eigenvalue weighted by Gasteiger charge is 2.39. The van der Waals surface area contributed by atoms with Gasteiger partial charge in [-0.2, -0.15) is 0 Å². The SMILES string of the molecule is COCCCOC(c1cccc(F)c1-c1cccc(C)c1)[C@@H]1CCCN(C(=O)[C@H]2C[C@@H](N)[C@@H](O)C2)C1. The van der Waals surface area contributed by atoms with Gasteiger partial charge in [0.2, 0.25) is 5.91 Å². The third kappa shape index (κ3) is 6.14. The summed E-state index contributed by atoms with van der Waals surface area (Å²) in [6.45, 7) is 4.29. The van der Waals surface area contributed by atoms with Crippen LogP contribution in [0.4, 0.5) is 4.39 Å². The molecule has 3 N–H and O–H groups in total. The maximum Gasteiger partial charge on any atom is 0.225 e. The molecule has 1 amide bonds. The number of carbonyl (C=O) groups excluding carboxylic acids is 1. The van der Waals surface area contributed by atoms with Gasteiger partial charge in [0.15, 0.2) is 0 Å². The molecule has 1 aliphatic carbocycles. The third-order valence-corrected chi connectivity index (χ3v) is 7.57. The van der Waals surface area contributed by atoms with E-state index in [-0.39, 0.29) is 35.7 Å². The van der Waals surface area contributed by atoms with Crippen LogP contribution < -0.4 is 5.73 Å². The highest BCUT2D eigenvalue weighted by Crippen LogP contribution is 2.40. The molecule has 7 heteroatoms. The molecular formula is C29H39FN2O4. The summed E-state index contributed by atoms with van der Waals surface area (Å²) in [6.07, 6.45) is 2.41. The van der Waals surface area contributed by atoms with E-state index in [9.17, 15) is 9.90 Å². The zero-order chi connectivity index (χ0) is 25.7. The summed E-state index contributed by atoms with van der Waals surface area (Å²) in [6, 6.07) is 12.7. The number of halogens is 1. The van der Waals surface area contributed by atoms with E-state index in [1.54, 1.807) is 13.2 Å². The fraction of sp³-hybridized carbons (Fsp3) is 0.552. The van der Waals surface area contributed by atoms with Gasteiger partial charge in [0.1, 0.15) is 5.82 Å². The van der Waals surface area contributed by atoms with Crippen molar-refractivity contribution in [3.05, 3.63) is 59.4 Å². The van der Waals surface area contributed by atoms with Crippen molar-refractivity contribution in [2.45, 2.75) is 57.3 Å². The van der Waals surface area contributed by atoms with Crippen molar-refractivity contribution in [2.24, 2.45) is 17.6 Å². The number of piperidine rings is 1. The highest BCUT2D eigenvalue weighted by atomic mass is 19.1. The number of ether oxygens (including phenoxy) is 2. The van der Waals surface area contributed by atoms with Crippen LogP contribution in [0.25, 0.3) is 11.1 Å². The van der Waals surface area contributed by atoms with Gasteiger partial charge in [-0.3, -0.25) is 4.79 Å². The molecular weight excluding hydrogens is 459 g/mol. The summed E-state index contributed by atoms with van der Waals surface area (Å²) in [5.41, 5.74) is 9.24. The van der Waals surface area contributed by atoms with Gasteiger partial charge in [0, 0.05) is 56.9 Å². The van der Waals surface area contributed by atoms with Crippen LogP contribution in [0.5, 0.6) is 0 Å². The number of aliphatic hydroxyl groups excluding tert-OH is 1. The van der Waals surface area contributed by atoms with E-state index < -0.39 is 6.10 Å². The molecule has 1 saturated heterocycles. The van der Waals surface area contributed by atoms with Crippen molar-refractivity contribution >= 4 is 5.91 Å². The molecule has 0 spiro atoms. The van der Waals surface area contributed by atoms with Crippen molar-refractivity contribution in [3.63, 3.8) is 0 Å². The first-order chi connectivity index (χ1) is 17.4. The fourth-order valence-corrected chi connectivity index (χ4v) is 5.74. The molecule has 6 nitrogen and oxygen atoms in total. The van der Waals surface area contributed by atoms with E-state index in [0.29, 0.717) is 44.7 Å². The highest BCUT2D eigenvalue weighted by molar-refractivity contribution is 5.79. The molecule has 4 rings (SSSR count). The first kappa shape index (κ1) is 26.7.